The Bertz CT molecular complexity index is 4840. The maximum absolute atomic E-state index is 15.1. The third-order valence-electron chi connectivity index (χ3n) is 23.0. The number of rotatable bonds is 49. The maximum Gasteiger partial charge on any atom is 0.312 e. The van der Waals surface area contributed by atoms with Crippen molar-refractivity contribution < 1.29 is 134 Å². The fourth-order valence-electron chi connectivity index (χ4n) is 15.4. The number of benzene rings is 4. The first-order valence-corrected chi connectivity index (χ1v) is 44.3. The van der Waals surface area contributed by atoms with Gasteiger partial charge in [-0.1, -0.05) is 78.8 Å². The third-order valence-corrected chi connectivity index (χ3v) is 23.0. The molecular formula is C93H132N9O28+. The van der Waals surface area contributed by atoms with Crippen LogP contribution < -0.4 is 47.2 Å². The van der Waals surface area contributed by atoms with Crippen molar-refractivity contribution in [3.05, 3.63) is 106 Å². The molecule has 1 fully saturated rings. The smallest absolute Gasteiger partial charge is 0.312 e. The number of likely N-dealkylation sites (tertiary alicyclic amines) is 1. The lowest BCUT2D eigenvalue weighted by Gasteiger charge is -2.38. The van der Waals surface area contributed by atoms with Gasteiger partial charge in [-0.3, -0.25) is 52.8 Å². The van der Waals surface area contributed by atoms with Crippen molar-refractivity contribution in [3.8, 4) is 17.2 Å². The van der Waals surface area contributed by atoms with Gasteiger partial charge < -0.3 is 118 Å². The highest BCUT2D eigenvalue weighted by molar-refractivity contribution is 6.26. The Morgan fingerprint density at radius 1 is 0.731 bits per heavy atom. The molecule has 130 heavy (non-hydrogen) atoms. The van der Waals surface area contributed by atoms with Crippen LogP contribution >= 0.6 is 0 Å². The van der Waals surface area contributed by atoms with Gasteiger partial charge in [0, 0.05) is 136 Å². The van der Waals surface area contributed by atoms with E-state index in [2.05, 4.69) is 26.6 Å². The van der Waals surface area contributed by atoms with E-state index in [-0.39, 0.29) is 168 Å². The second-order valence-corrected chi connectivity index (χ2v) is 34.0. The maximum atomic E-state index is 15.1. The average molecular weight is 1820 g/mol. The number of hydrogen-bond acceptors (Lipinski definition) is 29. The van der Waals surface area contributed by atoms with Crippen LogP contribution in [-0.2, 0) is 97.0 Å². The number of hydrogen-bond donors (Lipinski definition) is 9. The molecule has 3 aliphatic rings. The summed E-state index contributed by atoms with van der Waals surface area (Å²) in [5, 5.41) is 49.0. The van der Waals surface area contributed by atoms with Gasteiger partial charge in [-0.15, -0.1) is 0 Å². The summed E-state index contributed by atoms with van der Waals surface area (Å²) in [5.74, 6) is -10.9. The second kappa shape index (κ2) is 51.4. The molecule has 0 saturated carbocycles. The fourth-order valence-corrected chi connectivity index (χ4v) is 15.4. The van der Waals surface area contributed by atoms with E-state index >= 15 is 4.79 Å². The molecule has 0 radical (unpaired) electrons. The molecule has 37 nitrogen and oxygen atoms in total. The molecule has 8 rings (SSSR count). The molecule has 716 valence electrons. The normalized spacial score (nSPS) is 21.8. The van der Waals surface area contributed by atoms with E-state index in [1.165, 1.54) is 53.2 Å². The Kier molecular flexibility index (Phi) is 41.5. The number of esters is 1. The number of methoxy groups -OCH3 is 1. The number of urea groups is 1. The van der Waals surface area contributed by atoms with E-state index in [1.807, 2.05) is 26.2 Å². The zero-order chi connectivity index (χ0) is 94.9. The number of phenolic OH excluding ortho intramolecular Hbond substituents is 1. The minimum Gasteiger partial charge on any atom is -0.505 e. The first-order chi connectivity index (χ1) is 61.9. The van der Waals surface area contributed by atoms with Crippen LogP contribution in [0.1, 0.15) is 129 Å². The number of allylic oxidation sites excluding steroid dienone is 2. The number of fused-ring (bicyclic) bond motifs is 2. The summed E-state index contributed by atoms with van der Waals surface area (Å²) in [7, 11) is 5.46. The number of aromatic nitrogens is 1. The van der Waals surface area contributed by atoms with Gasteiger partial charge in [0.2, 0.25) is 29.5 Å². The fraction of sp³-hybridized carbons (Fsp3) is 0.591. The zero-order valence-corrected chi connectivity index (χ0v) is 77.1. The molecule has 0 aliphatic carbocycles. The van der Waals surface area contributed by atoms with Gasteiger partial charge in [0.05, 0.1) is 161 Å². The number of anilines is 2. The molecule has 4 aromatic carbocycles. The van der Waals surface area contributed by atoms with E-state index in [0.717, 1.165) is 10.5 Å². The minimum atomic E-state index is -2.13. The van der Waals surface area contributed by atoms with Gasteiger partial charge >= 0.3 is 17.8 Å². The zero-order valence-electron chi connectivity index (χ0n) is 77.1. The minimum absolute atomic E-state index is 0.0279. The van der Waals surface area contributed by atoms with Crippen molar-refractivity contribution >= 4 is 103 Å². The number of aliphatic hydroxyl groups is 2. The summed E-state index contributed by atoms with van der Waals surface area (Å²) in [4.78, 5) is 152. The van der Waals surface area contributed by atoms with E-state index in [4.69, 9.17) is 76.7 Å². The van der Waals surface area contributed by atoms with Crippen molar-refractivity contribution in [2.75, 3.05) is 170 Å². The predicted molar refractivity (Wildman–Crippen MR) is 479 cm³/mol. The number of likely N-dealkylation sites (N-methyl/N-ethyl adjacent to an activating group) is 1. The number of ketones is 2. The number of carbonyl (C=O) groups excluding carboxylic acids is 10. The number of nitrogens with two attached hydrogens (primary N) is 1. The highest BCUT2D eigenvalue weighted by atomic mass is 16.7. The number of aliphatic hydroxyl groups excluding tert-OH is 2. The number of quaternary nitrogens is 1. The summed E-state index contributed by atoms with van der Waals surface area (Å²) in [5.41, 5.74) is 5.57. The van der Waals surface area contributed by atoms with Gasteiger partial charge in [-0.05, 0) is 62.9 Å². The number of phenols is 1. The Balaban J connectivity index is 0.775. The monoisotopic (exact) mass is 1820 g/mol. The molecule has 12 atom stereocenters. The van der Waals surface area contributed by atoms with Gasteiger partial charge in [-0.25, -0.2) is 9.78 Å². The van der Waals surface area contributed by atoms with Gasteiger partial charge in [-0.2, -0.15) is 0 Å². The average Bonchev–Trinajstić information content (AvgIpc) is 1.46. The molecule has 4 heterocycles. The second-order valence-electron chi connectivity index (χ2n) is 34.0. The molecule has 5 aromatic rings. The van der Waals surface area contributed by atoms with Crippen molar-refractivity contribution in [2.24, 2.45) is 47.2 Å². The predicted octanol–water partition coefficient (Wildman–Crippen LogP) is 7.18. The molecular weight excluding hydrogens is 1690 g/mol. The number of ether oxygens (including phenoxy) is 13. The standard InChI is InChI=1S/C93H131N9O28/c1-55(2)78(99-73(106)28-33-118-37-39-120-41-43-122-45-47-124-49-50-125-48-46-123-44-42-121-40-38-119-35-30-95-72(105)26-31-101-74(107)51-58(5)91(101)115)69(104)52-65(19-16-29-96-92(94)116)90(114)97-66-22-20-64(21-23-66)54-102(12,13)32-36-126-67-24-25-68-71(53-67)129-87-79(98-68)75-76-83(110)62(9)86-77(75)88(112)93(11,130-86)127-34-27-70(117-14)59(6)85(128-63(10)103)61(8)82(109)60(7)81(108)56(3)17-15-18-57(4)89(113)100-80(87)84(76)111/h15,17-18,20-25,27,34,53,55-56,58-61,65,70,78,81-82,85,108-109H,16,19,26,28-33,35-52,54H2,1-14H3,(H7-,94,95,96,97,98,99,100,105,106,110,111,112,113,114,116)/p+1/b17-15+,34-27+,57-18-/t56-,58?,59+,60+,61+,65+,70-,78-,81-,82+,85+,93-/m0/s1. The lowest BCUT2D eigenvalue weighted by Crippen LogP contribution is -2.46. The molecule has 1 unspecified atom stereocenters. The van der Waals surface area contributed by atoms with E-state index < -0.39 is 113 Å². The SMILES string of the molecule is CO[C@H]1/C=C/O[C@@]2(C)Oc3c(C)c(=O)c4c(O)c(c5oc6cc(OCC[N+](C)(C)Cc7ccc(NC(=O)[C@H](CCCNC(N)=O)CC(=O)[C@@H](NC(=O)CCOCCOCCOCCOCCOCCOCCOCCOCCNC(=O)CCN8C(=O)CC(C)C8=O)C(C)C)cc7)ccc6nc5c4c3C2=O)NC(=O)/C(C)=C\C=C\[C@H](C)[C@H](O)[C@@H](C)[C@@H](O)[C@@H](C)[C@H](OC(C)=O)[C@@H]1C. The molecule has 37 heteroatoms. The van der Waals surface area contributed by atoms with Crippen LogP contribution in [0.4, 0.5) is 16.2 Å². The highest BCUT2D eigenvalue weighted by Crippen LogP contribution is 2.49. The van der Waals surface area contributed by atoms with Crippen molar-refractivity contribution in [1.82, 2.24) is 25.8 Å². The number of carbonyl (C=O) groups is 10. The number of imide groups is 1. The summed E-state index contributed by atoms with van der Waals surface area (Å²) in [6.45, 7) is 24.7. The number of primary amides is 1. The van der Waals surface area contributed by atoms with E-state index in [9.17, 15) is 63.3 Å². The molecule has 10 N–H and O–H groups in total. The van der Waals surface area contributed by atoms with Crippen LogP contribution in [0.25, 0.3) is 33.0 Å². The summed E-state index contributed by atoms with van der Waals surface area (Å²) >= 11 is 0. The Morgan fingerprint density at radius 3 is 1.92 bits per heavy atom. The third kappa shape index (κ3) is 30.6. The summed E-state index contributed by atoms with van der Waals surface area (Å²) < 4.78 is 81.9. The molecule has 8 amide bonds. The first-order valence-electron chi connectivity index (χ1n) is 44.3. The van der Waals surface area contributed by atoms with Crippen LogP contribution in [0.5, 0.6) is 17.2 Å². The summed E-state index contributed by atoms with van der Waals surface area (Å²) in [6, 6.07) is 10.5. The lowest BCUT2D eigenvalue weighted by atomic mass is 9.78. The van der Waals surface area contributed by atoms with Crippen molar-refractivity contribution in [3.63, 3.8) is 0 Å². The van der Waals surface area contributed by atoms with Gasteiger partial charge in [0.1, 0.15) is 54.0 Å². The van der Waals surface area contributed by atoms with Crippen molar-refractivity contribution in [2.45, 2.75) is 157 Å². The van der Waals surface area contributed by atoms with Gasteiger partial charge in [0.15, 0.2) is 28.1 Å². The largest absolute Gasteiger partial charge is 0.505 e. The van der Waals surface area contributed by atoms with Crippen LogP contribution in [0.15, 0.2) is 87.8 Å². The topological polar surface area (TPSA) is 484 Å². The van der Waals surface area contributed by atoms with E-state index in [1.54, 1.807) is 91.0 Å². The van der Waals surface area contributed by atoms with Crippen molar-refractivity contribution in [1.29, 1.82) is 0 Å². The Morgan fingerprint density at radius 2 is 1.34 bits per heavy atom. The van der Waals surface area contributed by atoms with Crippen LogP contribution in [0.3, 0.4) is 0 Å². The molecule has 3 aliphatic heterocycles. The van der Waals surface area contributed by atoms with Gasteiger partial charge in [0.25, 0.3) is 11.7 Å². The number of nitrogens with one attached hydrogen (secondary N) is 5. The molecule has 1 aromatic heterocycles. The van der Waals surface area contributed by atoms with E-state index in [0.29, 0.717) is 128 Å². The Labute approximate surface area is 757 Å². The number of nitrogens with zero attached hydrogens (tertiary/aromatic N) is 3. The van der Waals surface area contributed by atoms with Crippen LogP contribution in [-0.4, -0.2) is 285 Å². The summed E-state index contributed by atoms with van der Waals surface area (Å²) in [6.07, 6.45) is 3.80. The quantitative estimate of drug-likeness (QED) is 0.00354. The first kappa shape index (κ1) is 105. The number of Topliss-reactive ketones (excluding diaryl/α,β-unsaturated/α-hetero) is 2. The molecule has 4 bridgehead atoms. The molecule has 1 saturated heterocycles. The highest BCUT2D eigenvalue weighted by Gasteiger charge is 2.50. The van der Waals surface area contributed by atoms with Crippen LogP contribution in [0.2, 0.25) is 0 Å². The Hall–Kier alpha value is -10.4. The number of aromatic hydroxyl groups is 1. The molecule has 0 spiro atoms. The number of amides is 8. The lowest BCUT2D eigenvalue weighted by molar-refractivity contribution is -0.903. The van der Waals surface area contributed by atoms with Crippen LogP contribution in [0, 0.1) is 48.3 Å².